The van der Waals surface area contributed by atoms with Crippen molar-refractivity contribution in [2.45, 2.75) is 0 Å². The first kappa shape index (κ1) is 15.1. The summed E-state index contributed by atoms with van der Waals surface area (Å²) in [7, 11) is 2.07. The van der Waals surface area contributed by atoms with E-state index < -0.39 is 0 Å². The normalized spacial score (nSPS) is 16.0. The summed E-state index contributed by atoms with van der Waals surface area (Å²) in [6.07, 6.45) is 0. The monoisotopic (exact) mass is 341 g/mol. The Labute approximate surface area is 128 Å². The van der Waals surface area contributed by atoms with Gasteiger partial charge in [-0.25, -0.2) is 4.79 Å². The number of ether oxygens (including phenoxy) is 1. The van der Waals surface area contributed by atoms with Crippen molar-refractivity contribution in [1.82, 2.24) is 15.1 Å². The third-order valence-electron chi connectivity index (χ3n) is 3.23. The molecule has 0 aromatic heterocycles. The minimum absolute atomic E-state index is 0.00376. The first-order valence-corrected chi connectivity index (χ1v) is 7.54. The molecule has 0 unspecified atom stereocenters. The van der Waals surface area contributed by atoms with Crippen LogP contribution in [-0.2, 0) is 0 Å². The van der Waals surface area contributed by atoms with E-state index in [1.54, 1.807) is 0 Å². The van der Waals surface area contributed by atoms with Gasteiger partial charge in [0, 0.05) is 30.7 Å². The summed E-state index contributed by atoms with van der Waals surface area (Å²) in [4.78, 5) is 16.0. The molecule has 1 aromatic rings. The largest absolute Gasteiger partial charge is 0.492 e. The lowest BCUT2D eigenvalue weighted by Gasteiger charge is -2.32. The first-order valence-electron chi connectivity index (χ1n) is 6.75. The van der Waals surface area contributed by atoms with E-state index in [1.165, 1.54) is 0 Å². The maximum atomic E-state index is 11.9. The molecule has 2 rings (SSSR count). The third kappa shape index (κ3) is 4.68. The molecular weight excluding hydrogens is 322 g/mol. The Morgan fingerprint density at radius 2 is 2.10 bits per heavy atom. The van der Waals surface area contributed by atoms with Crippen LogP contribution in [0.3, 0.4) is 0 Å². The maximum Gasteiger partial charge on any atom is 0.317 e. The number of nitrogens with one attached hydrogen (secondary N) is 1. The van der Waals surface area contributed by atoms with Crippen molar-refractivity contribution >= 4 is 22.0 Å². The predicted molar refractivity (Wildman–Crippen MR) is 82.1 cm³/mol. The van der Waals surface area contributed by atoms with Crippen LogP contribution in [0.1, 0.15) is 0 Å². The van der Waals surface area contributed by atoms with E-state index in [0.717, 1.165) is 36.4 Å². The van der Waals surface area contributed by atoms with E-state index in [4.69, 9.17) is 4.74 Å². The molecule has 0 aliphatic carbocycles. The van der Waals surface area contributed by atoms with Gasteiger partial charge >= 0.3 is 6.03 Å². The van der Waals surface area contributed by atoms with Crippen molar-refractivity contribution in [3.63, 3.8) is 0 Å². The Bertz CT molecular complexity index is 448. The van der Waals surface area contributed by atoms with Crippen LogP contribution in [0, 0.1) is 0 Å². The van der Waals surface area contributed by atoms with Gasteiger partial charge in [0.05, 0.1) is 6.54 Å². The second kappa shape index (κ2) is 7.50. The van der Waals surface area contributed by atoms with Crippen LogP contribution in [0.5, 0.6) is 5.75 Å². The molecule has 20 heavy (non-hydrogen) atoms. The number of hydrogen-bond donors (Lipinski definition) is 1. The number of urea groups is 1. The van der Waals surface area contributed by atoms with Crippen molar-refractivity contribution in [3.8, 4) is 5.75 Å². The fourth-order valence-electron chi connectivity index (χ4n) is 2.00. The molecule has 1 saturated heterocycles. The van der Waals surface area contributed by atoms with Gasteiger partial charge in [-0.2, -0.15) is 0 Å². The number of benzene rings is 1. The number of likely N-dealkylation sites (N-methyl/N-ethyl adjacent to an activating group) is 1. The highest BCUT2D eigenvalue weighted by Crippen LogP contribution is 2.17. The number of amides is 2. The SMILES string of the molecule is CN1CCN(C(=O)NCCOc2cccc(Br)c2)CC1. The van der Waals surface area contributed by atoms with Crippen molar-refractivity contribution in [3.05, 3.63) is 28.7 Å². The van der Waals surface area contributed by atoms with Crippen molar-refractivity contribution in [2.24, 2.45) is 0 Å². The number of rotatable bonds is 4. The van der Waals surface area contributed by atoms with Crippen LogP contribution in [0.25, 0.3) is 0 Å². The molecule has 1 heterocycles. The van der Waals surface area contributed by atoms with Gasteiger partial charge in [0.1, 0.15) is 12.4 Å². The second-order valence-corrected chi connectivity index (χ2v) is 5.74. The first-order chi connectivity index (χ1) is 9.65. The van der Waals surface area contributed by atoms with Crippen molar-refractivity contribution < 1.29 is 9.53 Å². The van der Waals surface area contributed by atoms with E-state index in [2.05, 4.69) is 33.2 Å². The van der Waals surface area contributed by atoms with Crippen LogP contribution in [0.2, 0.25) is 0 Å². The Kier molecular flexibility index (Phi) is 5.67. The van der Waals surface area contributed by atoms with Gasteiger partial charge in [0.2, 0.25) is 0 Å². The standard InChI is InChI=1S/C14H20BrN3O2/c1-17-6-8-18(9-7-17)14(19)16-5-10-20-13-4-2-3-12(15)11-13/h2-4,11H,5-10H2,1H3,(H,16,19). The average Bonchev–Trinajstić information content (AvgIpc) is 2.44. The molecule has 5 nitrogen and oxygen atoms in total. The zero-order chi connectivity index (χ0) is 14.4. The zero-order valence-corrected chi connectivity index (χ0v) is 13.2. The molecule has 110 valence electrons. The number of piperazine rings is 1. The van der Waals surface area contributed by atoms with Crippen molar-refractivity contribution in [1.29, 1.82) is 0 Å². The van der Waals surface area contributed by atoms with E-state index >= 15 is 0 Å². The summed E-state index contributed by atoms with van der Waals surface area (Å²) in [6, 6.07) is 7.66. The van der Waals surface area contributed by atoms with Crippen LogP contribution in [-0.4, -0.2) is 62.2 Å². The molecule has 1 aliphatic rings. The number of nitrogens with zero attached hydrogens (tertiary/aromatic N) is 2. The molecule has 0 atom stereocenters. The summed E-state index contributed by atoms with van der Waals surface area (Å²) in [5.74, 6) is 0.799. The minimum atomic E-state index is -0.00376. The highest BCUT2D eigenvalue weighted by Gasteiger charge is 2.18. The number of carbonyl (C=O) groups is 1. The van der Waals surface area contributed by atoms with Crippen molar-refractivity contribution in [2.75, 3.05) is 46.4 Å². The molecule has 2 amide bonds. The molecular formula is C14H20BrN3O2. The Morgan fingerprint density at radius 3 is 2.80 bits per heavy atom. The van der Waals surface area contributed by atoms with Crippen LogP contribution >= 0.6 is 15.9 Å². The topological polar surface area (TPSA) is 44.8 Å². The number of carbonyl (C=O) groups excluding carboxylic acids is 1. The molecule has 0 bridgehead atoms. The lowest BCUT2D eigenvalue weighted by Crippen LogP contribution is -2.51. The summed E-state index contributed by atoms with van der Waals surface area (Å²) in [5.41, 5.74) is 0. The molecule has 1 N–H and O–H groups in total. The Morgan fingerprint density at radius 1 is 1.35 bits per heavy atom. The van der Waals surface area contributed by atoms with Crippen LogP contribution < -0.4 is 10.1 Å². The maximum absolute atomic E-state index is 11.9. The summed E-state index contributed by atoms with van der Waals surface area (Å²) >= 11 is 3.39. The lowest BCUT2D eigenvalue weighted by atomic mass is 10.3. The summed E-state index contributed by atoms with van der Waals surface area (Å²) < 4.78 is 6.55. The molecule has 1 fully saturated rings. The molecule has 0 spiro atoms. The summed E-state index contributed by atoms with van der Waals surface area (Å²) in [6.45, 7) is 4.42. The van der Waals surface area contributed by atoms with Crippen LogP contribution in [0.15, 0.2) is 28.7 Å². The zero-order valence-electron chi connectivity index (χ0n) is 11.6. The van der Waals surface area contributed by atoms with Gasteiger partial charge in [-0.15, -0.1) is 0 Å². The fourth-order valence-corrected chi connectivity index (χ4v) is 2.38. The fraction of sp³-hybridized carbons (Fsp3) is 0.500. The van der Waals surface area contributed by atoms with Gasteiger partial charge in [-0.3, -0.25) is 0 Å². The van der Waals surface area contributed by atoms with Crippen LogP contribution in [0.4, 0.5) is 4.79 Å². The predicted octanol–water partition coefficient (Wildman–Crippen LogP) is 1.78. The van der Waals surface area contributed by atoms with E-state index in [1.807, 2.05) is 29.2 Å². The highest BCUT2D eigenvalue weighted by molar-refractivity contribution is 9.10. The minimum Gasteiger partial charge on any atom is -0.492 e. The average molecular weight is 342 g/mol. The summed E-state index contributed by atoms with van der Waals surface area (Å²) in [5, 5.41) is 2.88. The van der Waals surface area contributed by atoms with Gasteiger partial charge in [0.15, 0.2) is 0 Å². The van der Waals surface area contributed by atoms with Gasteiger partial charge in [-0.1, -0.05) is 22.0 Å². The molecule has 1 aromatic carbocycles. The Hall–Kier alpha value is -1.27. The van der Waals surface area contributed by atoms with E-state index in [0.29, 0.717) is 13.2 Å². The number of halogens is 1. The highest BCUT2D eigenvalue weighted by atomic mass is 79.9. The van der Waals surface area contributed by atoms with E-state index in [9.17, 15) is 4.79 Å². The smallest absolute Gasteiger partial charge is 0.317 e. The van der Waals surface area contributed by atoms with Gasteiger partial charge < -0.3 is 19.9 Å². The second-order valence-electron chi connectivity index (χ2n) is 4.83. The molecule has 0 saturated carbocycles. The quantitative estimate of drug-likeness (QED) is 0.849. The van der Waals surface area contributed by atoms with E-state index in [-0.39, 0.29) is 6.03 Å². The third-order valence-corrected chi connectivity index (χ3v) is 3.73. The Balaban J connectivity index is 1.64. The molecule has 0 radical (unpaired) electrons. The van der Waals surface area contributed by atoms with Gasteiger partial charge in [0.25, 0.3) is 0 Å². The lowest BCUT2D eigenvalue weighted by molar-refractivity contribution is 0.153. The molecule has 1 aliphatic heterocycles. The molecule has 6 heteroatoms. The number of hydrogen-bond acceptors (Lipinski definition) is 3. The van der Waals surface area contributed by atoms with Gasteiger partial charge in [-0.05, 0) is 25.2 Å².